The van der Waals surface area contributed by atoms with Crippen molar-refractivity contribution in [3.63, 3.8) is 0 Å². The molecule has 130 valence electrons. The first-order valence-corrected chi connectivity index (χ1v) is 7.40. The second kappa shape index (κ2) is 9.87. The highest BCUT2D eigenvalue weighted by Crippen LogP contribution is 2.25. The van der Waals surface area contributed by atoms with Crippen molar-refractivity contribution in [2.45, 2.75) is 19.1 Å². The van der Waals surface area contributed by atoms with E-state index in [9.17, 15) is 15.2 Å². The SMILES string of the molecule is CC(NCC(O)COc1ccccc1[N+](=O)[O-])c1ccccc1.Cl. The van der Waals surface area contributed by atoms with Crippen LogP contribution in [0.5, 0.6) is 5.75 Å². The smallest absolute Gasteiger partial charge is 0.310 e. The number of aliphatic hydroxyl groups is 1. The topological polar surface area (TPSA) is 84.6 Å². The second-order valence-corrected chi connectivity index (χ2v) is 5.23. The number of ether oxygens (including phenoxy) is 1. The number of nitrogens with one attached hydrogen (secondary N) is 1. The van der Waals surface area contributed by atoms with Gasteiger partial charge in [0.05, 0.1) is 4.92 Å². The fraction of sp³-hybridized carbons (Fsp3) is 0.294. The summed E-state index contributed by atoms with van der Waals surface area (Å²) in [6, 6.07) is 16.1. The monoisotopic (exact) mass is 352 g/mol. The van der Waals surface area contributed by atoms with Crippen LogP contribution in [0.3, 0.4) is 0 Å². The maximum absolute atomic E-state index is 10.9. The van der Waals surface area contributed by atoms with Crippen molar-refractivity contribution in [3.8, 4) is 5.75 Å². The van der Waals surface area contributed by atoms with Gasteiger partial charge in [-0.2, -0.15) is 0 Å². The fourth-order valence-corrected chi connectivity index (χ4v) is 2.15. The van der Waals surface area contributed by atoms with E-state index in [0.717, 1.165) is 5.56 Å². The molecule has 0 bridgehead atoms. The summed E-state index contributed by atoms with van der Waals surface area (Å²) in [7, 11) is 0. The van der Waals surface area contributed by atoms with Gasteiger partial charge in [-0.25, -0.2) is 0 Å². The van der Waals surface area contributed by atoms with Crippen molar-refractivity contribution in [1.29, 1.82) is 0 Å². The predicted octanol–water partition coefficient (Wildman–Crippen LogP) is 3.11. The highest BCUT2D eigenvalue weighted by atomic mass is 35.5. The molecule has 2 N–H and O–H groups in total. The van der Waals surface area contributed by atoms with Crippen LogP contribution < -0.4 is 10.1 Å². The van der Waals surface area contributed by atoms with E-state index in [1.165, 1.54) is 12.1 Å². The third kappa shape index (κ3) is 5.81. The first kappa shape index (κ1) is 19.9. The number of aliphatic hydroxyl groups excluding tert-OH is 1. The summed E-state index contributed by atoms with van der Waals surface area (Å²) in [5, 5.41) is 24.1. The lowest BCUT2D eigenvalue weighted by atomic mass is 10.1. The Labute approximate surface area is 147 Å². The Balaban J connectivity index is 0.00000288. The van der Waals surface area contributed by atoms with Gasteiger partial charge in [-0.1, -0.05) is 42.5 Å². The van der Waals surface area contributed by atoms with E-state index in [-0.39, 0.29) is 36.5 Å². The zero-order chi connectivity index (χ0) is 16.7. The van der Waals surface area contributed by atoms with Crippen LogP contribution in [0, 0.1) is 10.1 Å². The molecule has 0 aliphatic heterocycles. The van der Waals surface area contributed by atoms with Crippen LogP contribution in [0.1, 0.15) is 18.5 Å². The molecule has 0 heterocycles. The number of nitro groups is 1. The number of halogens is 1. The van der Waals surface area contributed by atoms with Gasteiger partial charge >= 0.3 is 5.69 Å². The quantitative estimate of drug-likeness (QED) is 0.563. The van der Waals surface area contributed by atoms with Gasteiger partial charge in [0, 0.05) is 18.7 Å². The van der Waals surface area contributed by atoms with E-state index in [4.69, 9.17) is 4.74 Å². The Kier molecular flexibility index (Phi) is 8.18. The van der Waals surface area contributed by atoms with Crippen molar-refractivity contribution < 1.29 is 14.8 Å². The molecule has 0 radical (unpaired) electrons. The molecule has 2 unspecified atom stereocenters. The molecule has 6 nitrogen and oxygen atoms in total. The van der Waals surface area contributed by atoms with Crippen molar-refractivity contribution in [2.75, 3.05) is 13.2 Å². The molecule has 0 spiro atoms. The lowest BCUT2D eigenvalue weighted by molar-refractivity contribution is -0.385. The summed E-state index contributed by atoms with van der Waals surface area (Å²) >= 11 is 0. The van der Waals surface area contributed by atoms with Crippen LogP contribution in [-0.2, 0) is 0 Å². The summed E-state index contributed by atoms with van der Waals surface area (Å²) in [6.45, 7) is 2.32. The number of hydrogen-bond acceptors (Lipinski definition) is 5. The fourth-order valence-electron chi connectivity index (χ4n) is 2.15. The molecule has 2 atom stereocenters. The van der Waals surface area contributed by atoms with E-state index in [0.29, 0.717) is 6.54 Å². The maximum Gasteiger partial charge on any atom is 0.310 e. The standard InChI is InChI=1S/C17H20N2O4.ClH/c1-13(14-7-3-2-4-8-14)18-11-15(20)12-23-17-10-6-5-9-16(17)19(21)22;/h2-10,13,15,18,20H,11-12H2,1H3;1H. The Morgan fingerprint density at radius 2 is 1.79 bits per heavy atom. The minimum Gasteiger partial charge on any atom is -0.484 e. The molecule has 0 saturated carbocycles. The Morgan fingerprint density at radius 1 is 1.17 bits per heavy atom. The third-order valence-corrected chi connectivity index (χ3v) is 3.45. The lowest BCUT2D eigenvalue weighted by Gasteiger charge is -2.18. The zero-order valence-corrected chi connectivity index (χ0v) is 14.1. The van der Waals surface area contributed by atoms with Gasteiger partial charge in [-0.15, -0.1) is 12.4 Å². The minimum absolute atomic E-state index is 0. The van der Waals surface area contributed by atoms with Gasteiger partial charge < -0.3 is 15.2 Å². The first-order chi connectivity index (χ1) is 11.1. The van der Waals surface area contributed by atoms with Gasteiger partial charge in [0.1, 0.15) is 12.7 Å². The molecule has 2 aromatic carbocycles. The molecule has 0 amide bonds. The van der Waals surface area contributed by atoms with E-state index in [2.05, 4.69) is 5.32 Å². The minimum atomic E-state index is -0.763. The number of para-hydroxylation sites is 2. The van der Waals surface area contributed by atoms with Crippen LogP contribution >= 0.6 is 12.4 Å². The summed E-state index contributed by atoms with van der Waals surface area (Å²) in [5.41, 5.74) is 1.02. The number of benzene rings is 2. The highest BCUT2D eigenvalue weighted by molar-refractivity contribution is 5.85. The molecule has 0 saturated heterocycles. The molecule has 24 heavy (non-hydrogen) atoms. The van der Waals surface area contributed by atoms with Crippen molar-refractivity contribution in [3.05, 3.63) is 70.3 Å². The van der Waals surface area contributed by atoms with Crippen molar-refractivity contribution >= 4 is 18.1 Å². The molecule has 2 rings (SSSR count). The summed E-state index contributed by atoms with van der Waals surface area (Å²) in [6.07, 6.45) is -0.763. The molecular weight excluding hydrogens is 332 g/mol. The number of nitrogens with zero attached hydrogens (tertiary/aromatic N) is 1. The van der Waals surface area contributed by atoms with Gasteiger partial charge in [-0.05, 0) is 18.6 Å². The van der Waals surface area contributed by atoms with E-state index in [1.807, 2.05) is 37.3 Å². The normalized spacial score (nSPS) is 12.8. The summed E-state index contributed by atoms with van der Waals surface area (Å²) < 4.78 is 5.37. The Hall–Kier alpha value is -2.15. The number of nitro benzene ring substituents is 1. The van der Waals surface area contributed by atoms with Crippen LogP contribution in [0.2, 0.25) is 0 Å². The molecule has 7 heteroatoms. The highest BCUT2D eigenvalue weighted by Gasteiger charge is 2.15. The maximum atomic E-state index is 10.9. The van der Waals surface area contributed by atoms with Crippen LogP contribution in [0.25, 0.3) is 0 Å². The molecular formula is C17H21ClN2O4. The number of rotatable bonds is 8. The average molecular weight is 353 g/mol. The third-order valence-electron chi connectivity index (χ3n) is 3.45. The van der Waals surface area contributed by atoms with Gasteiger partial charge in [-0.3, -0.25) is 10.1 Å². The molecule has 0 aromatic heterocycles. The largest absolute Gasteiger partial charge is 0.484 e. The second-order valence-electron chi connectivity index (χ2n) is 5.23. The Morgan fingerprint density at radius 3 is 2.46 bits per heavy atom. The van der Waals surface area contributed by atoms with E-state index in [1.54, 1.807) is 12.1 Å². The lowest BCUT2D eigenvalue weighted by Crippen LogP contribution is -2.33. The van der Waals surface area contributed by atoms with Crippen LogP contribution in [0.4, 0.5) is 5.69 Å². The zero-order valence-electron chi connectivity index (χ0n) is 13.3. The summed E-state index contributed by atoms with van der Waals surface area (Å²) in [4.78, 5) is 10.4. The van der Waals surface area contributed by atoms with E-state index >= 15 is 0 Å². The molecule has 0 aliphatic rings. The first-order valence-electron chi connectivity index (χ1n) is 7.40. The van der Waals surface area contributed by atoms with Gasteiger partial charge in [0.15, 0.2) is 5.75 Å². The molecule has 0 aliphatic carbocycles. The number of hydrogen-bond donors (Lipinski definition) is 2. The predicted molar refractivity (Wildman–Crippen MR) is 94.7 cm³/mol. The van der Waals surface area contributed by atoms with Crippen molar-refractivity contribution in [1.82, 2.24) is 5.32 Å². The average Bonchev–Trinajstić information content (AvgIpc) is 2.58. The van der Waals surface area contributed by atoms with Gasteiger partial charge in [0.2, 0.25) is 0 Å². The van der Waals surface area contributed by atoms with Crippen LogP contribution in [-0.4, -0.2) is 29.3 Å². The summed E-state index contributed by atoms with van der Waals surface area (Å²) in [5.74, 6) is 0.160. The van der Waals surface area contributed by atoms with E-state index < -0.39 is 11.0 Å². The van der Waals surface area contributed by atoms with Crippen molar-refractivity contribution in [2.24, 2.45) is 0 Å². The Bertz CT molecular complexity index is 639. The molecule has 2 aromatic rings. The molecule has 0 fully saturated rings. The van der Waals surface area contributed by atoms with Gasteiger partial charge in [0.25, 0.3) is 0 Å². The van der Waals surface area contributed by atoms with Crippen LogP contribution in [0.15, 0.2) is 54.6 Å².